The highest BCUT2D eigenvalue weighted by Gasteiger charge is 2.28. The van der Waals surface area contributed by atoms with E-state index in [0.717, 1.165) is 0 Å². The minimum absolute atomic E-state index is 0.243. The van der Waals surface area contributed by atoms with Crippen LogP contribution < -0.4 is 4.74 Å². The van der Waals surface area contributed by atoms with Crippen LogP contribution in [0.3, 0.4) is 0 Å². The molecular formula is C8H4Cl2FNO. The number of rotatable bonds is 0. The number of hydrogen-bond donors (Lipinski definition) is 0. The third-order valence-corrected chi connectivity index (χ3v) is 1.87. The molecular weight excluding hydrogens is 216 g/mol. The fourth-order valence-corrected chi connectivity index (χ4v) is 1.26. The van der Waals surface area contributed by atoms with E-state index >= 15 is 0 Å². The molecule has 0 N–H and O–H groups in total. The number of hydrogen-bond acceptors (Lipinski definition) is 2. The van der Waals surface area contributed by atoms with Crippen LogP contribution in [-0.2, 0) is 0 Å². The molecule has 5 heteroatoms. The Balaban J connectivity index is 2.48. The average molecular weight is 220 g/mol. The zero-order valence-corrected chi connectivity index (χ0v) is 7.81. The maximum absolute atomic E-state index is 12.7. The first-order valence-electron chi connectivity index (χ1n) is 3.48. The molecule has 0 unspecified atom stereocenters. The molecule has 1 aliphatic heterocycles. The first-order valence-corrected chi connectivity index (χ1v) is 4.24. The van der Waals surface area contributed by atoms with Crippen LogP contribution in [0, 0.1) is 5.82 Å². The lowest BCUT2D eigenvalue weighted by molar-refractivity contribution is 0.306. The van der Waals surface area contributed by atoms with E-state index in [9.17, 15) is 4.39 Å². The fourth-order valence-electron chi connectivity index (χ4n) is 0.994. The summed E-state index contributed by atoms with van der Waals surface area (Å²) in [5, 5.41) is 0. The number of benzene rings is 1. The van der Waals surface area contributed by atoms with E-state index in [-0.39, 0.29) is 5.75 Å². The number of ether oxygens (including phenoxy) is 1. The van der Waals surface area contributed by atoms with Gasteiger partial charge < -0.3 is 4.74 Å². The van der Waals surface area contributed by atoms with Gasteiger partial charge in [0, 0.05) is 6.07 Å². The molecule has 0 saturated heterocycles. The van der Waals surface area contributed by atoms with E-state index in [2.05, 4.69) is 4.99 Å². The molecule has 0 bridgehead atoms. The highest BCUT2D eigenvalue weighted by atomic mass is 35.5. The topological polar surface area (TPSA) is 21.6 Å². The van der Waals surface area contributed by atoms with E-state index < -0.39 is 10.3 Å². The second kappa shape index (κ2) is 2.86. The molecule has 13 heavy (non-hydrogen) atoms. The molecule has 1 aromatic carbocycles. The minimum Gasteiger partial charge on any atom is -0.451 e. The van der Waals surface area contributed by atoms with Crippen LogP contribution >= 0.6 is 23.2 Å². The van der Waals surface area contributed by atoms with Crippen LogP contribution in [0.25, 0.3) is 0 Å². The van der Waals surface area contributed by atoms with Crippen molar-refractivity contribution in [2.75, 3.05) is 0 Å². The van der Waals surface area contributed by atoms with Gasteiger partial charge in [0.25, 0.3) is 4.52 Å². The maximum atomic E-state index is 12.7. The van der Waals surface area contributed by atoms with E-state index in [1.54, 1.807) is 0 Å². The molecule has 0 amide bonds. The lowest BCUT2D eigenvalue weighted by Gasteiger charge is -2.21. The van der Waals surface area contributed by atoms with Gasteiger partial charge >= 0.3 is 0 Å². The summed E-state index contributed by atoms with van der Waals surface area (Å²) in [5.41, 5.74) is 0.512. The summed E-state index contributed by atoms with van der Waals surface area (Å²) < 4.78 is 16.3. The summed E-state index contributed by atoms with van der Waals surface area (Å²) in [7, 11) is 0. The lowest BCUT2D eigenvalue weighted by Crippen LogP contribution is -2.25. The Hall–Kier alpha value is -0.800. The standard InChI is InChI=1S/C8H4Cl2FNO/c9-8(10)4-12-6-2-1-5(11)3-7(6)13-8/h1-4H. The first-order chi connectivity index (χ1) is 6.07. The van der Waals surface area contributed by atoms with Crippen LogP contribution in [0.1, 0.15) is 0 Å². The maximum Gasteiger partial charge on any atom is 0.295 e. The Morgan fingerprint density at radius 3 is 2.92 bits per heavy atom. The number of alkyl halides is 2. The SMILES string of the molecule is Fc1ccc2c(c1)OC(Cl)(Cl)C=N2. The Morgan fingerprint density at radius 2 is 2.15 bits per heavy atom. The fraction of sp³-hybridized carbons (Fsp3) is 0.125. The van der Waals surface area contributed by atoms with Gasteiger partial charge in [0.1, 0.15) is 11.5 Å². The Kier molecular flexibility index (Phi) is 1.93. The van der Waals surface area contributed by atoms with Gasteiger partial charge in [-0.05, 0) is 12.1 Å². The van der Waals surface area contributed by atoms with Crippen LogP contribution in [0.15, 0.2) is 23.2 Å². The van der Waals surface area contributed by atoms with Crippen LogP contribution in [0.5, 0.6) is 5.75 Å². The van der Waals surface area contributed by atoms with Gasteiger partial charge in [0.15, 0.2) is 5.75 Å². The van der Waals surface area contributed by atoms with Crippen molar-refractivity contribution >= 4 is 35.1 Å². The van der Waals surface area contributed by atoms with Crippen molar-refractivity contribution in [1.82, 2.24) is 0 Å². The van der Waals surface area contributed by atoms with Gasteiger partial charge in [0.2, 0.25) is 0 Å². The van der Waals surface area contributed by atoms with Crippen molar-refractivity contribution in [3.05, 3.63) is 24.0 Å². The molecule has 2 nitrogen and oxygen atoms in total. The highest BCUT2D eigenvalue weighted by molar-refractivity contribution is 6.55. The van der Waals surface area contributed by atoms with E-state index in [0.29, 0.717) is 5.69 Å². The third kappa shape index (κ3) is 1.76. The number of nitrogens with zero attached hydrogens (tertiary/aromatic N) is 1. The van der Waals surface area contributed by atoms with Gasteiger partial charge in [-0.25, -0.2) is 4.39 Å². The second-order valence-electron chi connectivity index (χ2n) is 2.53. The summed E-state index contributed by atoms with van der Waals surface area (Å²) in [6.07, 6.45) is 1.25. The van der Waals surface area contributed by atoms with Crippen molar-refractivity contribution in [2.45, 2.75) is 4.52 Å². The molecule has 0 spiro atoms. The Morgan fingerprint density at radius 1 is 1.38 bits per heavy atom. The quantitative estimate of drug-likeness (QED) is 0.615. The smallest absolute Gasteiger partial charge is 0.295 e. The Labute approximate surface area is 83.9 Å². The van der Waals surface area contributed by atoms with Gasteiger partial charge in [-0.1, -0.05) is 23.2 Å². The van der Waals surface area contributed by atoms with Gasteiger partial charge in [-0.15, -0.1) is 0 Å². The molecule has 1 aromatic rings. The van der Waals surface area contributed by atoms with Crippen molar-refractivity contribution in [3.8, 4) is 5.75 Å². The number of aliphatic imine (C=N–C) groups is 1. The third-order valence-electron chi connectivity index (χ3n) is 1.52. The van der Waals surface area contributed by atoms with Crippen LogP contribution in [0.2, 0.25) is 0 Å². The van der Waals surface area contributed by atoms with Crippen molar-refractivity contribution < 1.29 is 9.13 Å². The Bertz CT molecular complexity index is 378. The average Bonchev–Trinajstić information content (AvgIpc) is 2.01. The molecule has 1 aliphatic rings. The predicted octanol–water partition coefficient (Wildman–Crippen LogP) is 3.05. The zero-order valence-electron chi connectivity index (χ0n) is 6.30. The van der Waals surface area contributed by atoms with Gasteiger partial charge in [-0.3, -0.25) is 4.99 Å². The lowest BCUT2D eigenvalue weighted by atomic mass is 10.3. The molecule has 0 radical (unpaired) electrons. The minimum atomic E-state index is -1.50. The summed E-state index contributed by atoms with van der Waals surface area (Å²) in [6.45, 7) is 0. The normalized spacial score (nSPS) is 17.8. The van der Waals surface area contributed by atoms with E-state index in [1.165, 1.54) is 24.4 Å². The molecule has 0 aliphatic carbocycles. The summed E-state index contributed by atoms with van der Waals surface area (Å²) in [6, 6.07) is 3.96. The zero-order chi connectivity index (χ0) is 9.47. The predicted molar refractivity (Wildman–Crippen MR) is 49.6 cm³/mol. The highest BCUT2D eigenvalue weighted by Crippen LogP contribution is 2.37. The molecule has 0 aromatic heterocycles. The van der Waals surface area contributed by atoms with Crippen LogP contribution in [0.4, 0.5) is 10.1 Å². The second-order valence-corrected chi connectivity index (χ2v) is 3.85. The van der Waals surface area contributed by atoms with E-state index in [1.807, 2.05) is 0 Å². The van der Waals surface area contributed by atoms with Crippen LogP contribution in [-0.4, -0.2) is 10.7 Å². The molecule has 68 valence electrons. The molecule has 1 heterocycles. The number of halogens is 3. The monoisotopic (exact) mass is 219 g/mol. The van der Waals surface area contributed by atoms with Gasteiger partial charge in [0.05, 0.1) is 6.21 Å². The van der Waals surface area contributed by atoms with Crippen molar-refractivity contribution in [1.29, 1.82) is 0 Å². The molecule has 0 saturated carbocycles. The van der Waals surface area contributed by atoms with Crippen molar-refractivity contribution in [2.24, 2.45) is 4.99 Å². The first kappa shape index (κ1) is 8.78. The molecule has 0 atom stereocenters. The van der Waals surface area contributed by atoms with E-state index in [4.69, 9.17) is 27.9 Å². The number of fused-ring (bicyclic) bond motifs is 1. The van der Waals surface area contributed by atoms with Crippen molar-refractivity contribution in [3.63, 3.8) is 0 Å². The summed E-state index contributed by atoms with van der Waals surface area (Å²) >= 11 is 11.2. The largest absolute Gasteiger partial charge is 0.451 e. The molecule has 2 rings (SSSR count). The summed E-state index contributed by atoms with van der Waals surface area (Å²) in [5.74, 6) is -0.174. The molecule has 0 fully saturated rings. The summed E-state index contributed by atoms with van der Waals surface area (Å²) in [4.78, 5) is 3.91. The van der Waals surface area contributed by atoms with Gasteiger partial charge in [-0.2, -0.15) is 0 Å².